The molecule has 2 aliphatic carbocycles. The van der Waals surface area contributed by atoms with E-state index in [1.165, 1.54) is 12.8 Å². The van der Waals surface area contributed by atoms with Gasteiger partial charge < -0.3 is 5.11 Å². The molecule has 102 valence electrons. The fourth-order valence-corrected chi connectivity index (χ4v) is 4.67. The lowest BCUT2D eigenvalue weighted by Crippen LogP contribution is -2.31. The van der Waals surface area contributed by atoms with Crippen LogP contribution in [0, 0.1) is 16.7 Å². The molecule has 19 heavy (non-hydrogen) atoms. The van der Waals surface area contributed by atoms with E-state index in [1.807, 2.05) is 18.2 Å². The number of fused-ring (bicyclic) bond motifs is 2. The third-order valence-corrected chi connectivity index (χ3v) is 6.36. The fourth-order valence-electron chi connectivity index (χ4n) is 4.67. The van der Waals surface area contributed by atoms with Crippen LogP contribution in [-0.2, 0) is 0 Å². The van der Waals surface area contributed by atoms with Gasteiger partial charge in [-0.2, -0.15) is 0 Å². The Bertz CT molecular complexity index is 532. The largest absolute Gasteiger partial charge is 0.478 e. The number of hydrogen-bond donors (Lipinski definition) is 1. The Balaban J connectivity index is 2.09. The molecule has 0 saturated heterocycles. The van der Waals surface area contributed by atoms with Crippen LogP contribution in [0.25, 0.3) is 0 Å². The Kier molecular flexibility index (Phi) is 2.57. The van der Waals surface area contributed by atoms with Crippen LogP contribution in [0.1, 0.15) is 61.9 Å². The van der Waals surface area contributed by atoms with E-state index >= 15 is 0 Å². The van der Waals surface area contributed by atoms with E-state index in [2.05, 4.69) is 20.8 Å². The summed E-state index contributed by atoms with van der Waals surface area (Å²) >= 11 is 0. The molecular formula is C17H22O2. The maximum Gasteiger partial charge on any atom is 0.335 e. The lowest BCUT2D eigenvalue weighted by molar-refractivity contribution is 0.0691. The molecule has 2 bridgehead atoms. The molecule has 1 N–H and O–H groups in total. The van der Waals surface area contributed by atoms with Gasteiger partial charge in [-0.25, -0.2) is 4.79 Å². The van der Waals surface area contributed by atoms with Gasteiger partial charge in [0.05, 0.1) is 5.56 Å². The van der Waals surface area contributed by atoms with E-state index < -0.39 is 5.97 Å². The average molecular weight is 258 g/mol. The maximum atomic E-state index is 11.5. The van der Waals surface area contributed by atoms with Crippen molar-refractivity contribution in [1.29, 1.82) is 0 Å². The Morgan fingerprint density at radius 1 is 1.26 bits per heavy atom. The Hall–Kier alpha value is -1.31. The molecule has 2 aliphatic rings. The van der Waals surface area contributed by atoms with Crippen LogP contribution in [0.2, 0.25) is 0 Å². The van der Waals surface area contributed by atoms with Gasteiger partial charge in [-0.1, -0.05) is 39.0 Å². The van der Waals surface area contributed by atoms with Gasteiger partial charge in [0.25, 0.3) is 0 Å². The van der Waals surface area contributed by atoms with Crippen molar-refractivity contribution in [3.05, 3.63) is 35.4 Å². The van der Waals surface area contributed by atoms with E-state index in [9.17, 15) is 9.90 Å². The molecule has 0 amide bonds. The first-order valence-electron chi connectivity index (χ1n) is 7.20. The van der Waals surface area contributed by atoms with Crippen molar-refractivity contribution in [2.45, 2.75) is 46.0 Å². The predicted octanol–water partition coefficient (Wildman–Crippen LogP) is 4.31. The van der Waals surface area contributed by atoms with Crippen LogP contribution in [0.3, 0.4) is 0 Å². The minimum atomic E-state index is -0.792. The molecule has 0 heterocycles. The highest BCUT2D eigenvalue weighted by atomic mass is 16.4. The monoisotopic (exact) mass is 258 g/mol. The quantitative estimate of drug-likeness (QED) is 0.858. The van der Waals surface area contributed by atoms with E-state index in [1.54, 1.807) is 6.07 Å². The molecular weight excluding hydrogens is 236 g/mol. The van der Waals surface area contributed by atoms with Gasteiger partial charge >= 0.3 is 5.97 Å². The first-order valence-corrected chi connectivity index (χ1v) is 7.20. The highest BCUT2D eigenvalue weighted by Gasteiger charge is 2.61. The smallest absolute Gasteiger partial charge is 0.335 e. The van der Waals surface area contributed by atoms with Crippen molar-refractivity contribution in [2.75, 3.05) is 0 Å². The molecule has 0 spiro atoms. The van der Waals surface area contributed by atoms with Crippen molar-refractivity contribution < 1.29 is 9.90 Å². The first kappa shape index (κ1) is 12.7. The summed E-state index contributed by atoms with van der Waals surface area (Å²) in [4.78, 5) is 11.5. The van der Waals surface area contributed by atoms with Crippen LogP contribution in [-0.4, -0.2) is 11.1 Å². The number of aromatic carboxylic acids is 1. The van der Waals surface area contributed by atoms with Gasteiger partial charge in [-0.15, -0.1) is 0 Å². The molecule has 3 atom stereocenters. The standard InChI is InChI=1S/C17H22O2/c1-16(2)11-8-9-17(16,3)14(10-11)12-6-4-5-7-13(12)15(18)19/h4-7,11,14H,8-10H2,1-3H3,(H,18,19). The highest BCUT2D eigenvalue weighted by molar-refractivity contribution is 5.89. The average Bonchev–Trinajstić information content (AvgIpc) is 2.71. The molecule has 1 aromatic carbocycles. The van der Waals surface area contributed by atoms with Crippen LogP contribution in [0.4, 0.5) is 0 Å². The molecule has 0 radical (unpaired) electrons. The van der Waals surface area contributed by atoms with Crippen molar-refractivity contribution in [3.63, 3.8) is 0 Å². The van der Waals surface area contributed by atoms with Crippen molar-refractivity contribution in [1.82, 2.24) is 0 Å². The van der Waals surface area contributed by atoms with E-state index in [0.29, 0.717) is 16.9 Å². The first-order chi connectivity index (χ1) is 8.88. The van der Waals surface area contributed by atoms with Crippen LogP contribution < -0.4 is 0 Å². The third-order valence-electron chi connectivity index (χ3n) is 6.36. The van der Waals surface area contributed by atoms with Crippen LogP contribution in [0.5, 0.6) is 0 Å². The lowest BCUT2D eigenvalue weighted by Gasteiger charge is -2.40. The molecule has 2 heteroatoms. The van der Waals surface area contributed by atoms with Crippen molar-refractivity contribution in [2.24, 2.45) is 16.7 Å². The van der Waals surface area contributed by atoms with Crippen LogP contribution in [0.15, 0.2) is 24.3 Å². The predicted molar refractivity (Wildman–Crippen MR) is 75.4 cm³/mol. The zero-order valence-corrected chi connectivity index (χ0v) is 11.9. The zero-order valence-electron chi connectivity index (χ0n) is 11.9. The molecule has 0 aliphatic heterocycles. The highest BCUT2D eigenvalue weighted by Crippen LogP contribution is 2.71. The van der Waals surface area contributed by atoms with Gasteiger partial charge in [-0.05, 0) is 53.6 Å². The van der Waals surface area contributed by atoms with Crippen LogP contribution >= 0.6 is 0 Å². The molecule has 0 aromatic heterocycles. The molecule has 2 saturated carbocycles. The lowest BCUT2D eigenvalue weighted by atomic mass is 9.64. The second-order valence-electron chi connectivity index (χ2n) is 7.06. The minimum Gasteiger partial charge on any atom is -0.478 e. The number of rotatable bonds is 2. The number of carbonyl (C=O) groups is 1. The topological polar surface area (TPSA) is 37.3 Å². The summed E-state index contributed by atoms with van der Waals surface area (Å²) in [6.07, 6.45) is 3.67. The molecule has 3 unspecified atom stereocenters. The molecule has 3 rings (SSSR count). The van der Waals surface area contributed by atoms with Gasteiger partial charge in [0, 0.05) is 0 Å². The van der Waals surface area contributed by atoms with Gasteiger partial charge in [0.15, 0.2) is 0 Å². The van der Waals surface area contributed by atoms with Crippen molar-refractivity contribution >= 4 is 5.97 Å². The summed E-state index contributed by atoms with van der Waals surface area (Å²) in [6, 6.07) is 7.58. The number of hydrogen-bond acceptors (Lipinski definition) is 1. The van der Waals surface area contributed by atoms with E-state index in [-0.39, 0.29) is 5.41 Å². The number of benzene rings is 1. The second-order valence-corrected chi connectivity index (χ2v) is 7.06. The Labute approximate surface area is 114 Å². The van der Waals surface area contributed by atoms with Gasteiger partial charge in [0.2, 0.25) is 0 Å². The Morgan fingerprint density at radius 3 is 2.47 bits per heavy atom. The second kappa shape index (κ2) is 3.84. The fraction of sp³-hybridized carbons (Fsp3) is 0.588. The number of carboxylic acids is 1. The summed E-state index contributed by atoms with van der Waals surface area (Å²) in [5.74, 6) is 0.345. The normalized spacial score (nSPS) is 35.5. The number of carboxylic acid groups (broad SMARTS) is 1. The summed E-state index contributed by atoms with van der Waals surface area (Å²) in [5, 5.41) is 9.41. The summed E-state index contributed by atoms with van der Waals surface area (Å²) in [6.45, 7) is 7.10. The van der Waals surface area contributed by atoms with Gasteiger partial charge in [-0.3, -0.25) is 0 Å². The maximum absolute atomic E-state index is 11.5. The third kappa shape index (κ3) is 1.52. The molecule has 1 aromatic rings. The summed E-state index contributed by atoms with van der Waals surface area (Å²) in [7, 11) is 0. The van der Waals surface area contributed by atoms with E-state index in [4.69, 9.17) is 0 Å². The molecule has 2 fully saturated rings. The summed E-state index contributed by atoms with van der Waals surface area (Å²) < 4.78 is 0. The SMILES string of the molecule is CC1(C)C2CCC1(C)C(c1ccccc1C(=O)O)C2. The summed E-state index contributed by atoms with van der Waals surface area (Å²) in [5.41, 5.74) is 2.11. The molecule has 2 nitrogen and oxygen atoms in total. The zero-order chi connectivity index (χ0) is 13.8. The van der Waals surface area contributed by atoms with Crippen molar-refractivity contribution in [3.8, 4) is 0 Å². The van der Waals surface area contributed by atoms with E-state index in [0.717, 1.165) is 17.9 Å². The minimum absolute atomic E-state index is 0.239. The Morgan fingerprint density at radius 2 is 1.95 bits per heavy atom. The van der Waals surface area contributed by atoms with Gasteiger partial charge in [0.1, 0.15) is 0 Å².